The summed E-state index contributed by atoms with van der Waals surface area (Å²) in [5.41, 5.74) is 1.20. The SMILES string of the molecule is c1cc(CN[C@H]2CCCOC2)co1. The molecular weight excluding hydrogens is 166 g/mol. The van der Waals surface area contributed by atoms with Crippen molar-refractivity contribution in [2.24, 2.45) is 0 Å². The first-order valence-corrected chi connectivity index (χ1v) is 4.77. The lowest BCUT2D eigenvalue weighted by Crippen LogP contribution is -2.36. The molecule has 0 unspecified atom stereocenters. The molecule has 0 radical (unpaired) electrons. The molecular formula is C10H15NO2. The summed E-state index contributed by atoms with van der Waals surface area (Å²) in [4.78, 5) is 0. The third-order valence-corrected chi connectivity index (χ3v) is 2.34. The van der Waals surface area contributed by atoms with Gasteiger partial charge in [0.1, 0.15) is 0 Å². The van der Waals surface area contributed by atoms with E-state index in [1.54, 1.807) is 12.5 Å². The minimum atomic E-state index is 0.517. The molecule has 72 valence electrons. The van der Waals surface area contributed by atoms with Crippen LogP contribution in [0.15, 0.2) is 23.0 Å². The van der Waals surface area contributed by atoms with Crippen molar-refractivity contribution in [3.63, 3.8) is 0 Å². The Hall–Kier alpha value is -0.800. The lowest BCUT2D eigenvalue weighted by molar-refractivity contribution is 0.0699. The second-order valence-corrected chi connectivity index (χ2v) is 3.43. The standard InChI is InChI=1S/C10H15NO2/c1-2-10(8-12-4-1)11-6-9-3-5-13-7-9/h3,5,7,10-11H,1-2,4,6,8H2/t10-/m0/s1. The Kier molecular flexibility index (Phi) is 3.00. The zero-order chi connectivity index (χ0) is 8.93. The van der Waals surface area contributed by atoms with Crippen molar-refractivity contribution < 1.29 is 9.15 Å². The molecule has 1 aliphatic heterocycles. The smallest absolute Gasteiger partial charge is 0.0947 e. The van der Waals surface area contributed by atoms with Crippen molar-refractivity contribution in [2.75, 3.05) is 13.2 Å². The van der Waals surface area contributed by atoms with E-state index < -0.39 is 0 Å². The molecule has 1 fully saturated rings. The van der Waals surface area contributed by atoms with E-state index in [4.69, 9.17) is 9.15 Å². The average molecular weight is 181 g/mol. The van der Waals surface area contributed by atoms with Gasteiger partial charge in [-0.15, -0.1) is 0 Å². The van der Waals surface area contributed by atoms with Gasteiger partial charge in [0.15, 0.2) is 0 Å². The first kappa shape index (κ1) is 8.78. The van der Waals surface area contributed by atoms with Gasteiger partial charge >= 0.3 is 0 Å². The number of furan rings is 1. The first-order valence-electron chi connectivity index (χ1n) is 4.77. The van der Waals surface area contributed by atoms with Gasteiger partial charge in [-0.05, 0) is 18.9 Å². The van der Waals surface area contributed by atoms with Crippen molar-refractivity contribution in [1.29, 1.82) is 0 Å². The molecule has 0 spiro atoms. The highest BCUT2D eigenvalue weighted by atomic mass is 16.5. The average Bonchev–Trinajstić information content (AvgIpc) is 2.69. The van der Waals surface area contributed by atoms with E-state index in [9.17, 15) is 0 Å². The molecule has 0 aromatic carbocycles. The van der Waals surface area contributed by atoms with Crippen molar-refractivity contribution in [3.05, 3.63) is 24.2 Å². The zero-order valence-corrected chi connectivity index (χ0v) is 7.66. The van der Waals surface area contributed by atoms with Gasteiger partial charge < -0.3 is 14.5 Å². The van der Waals surface area contributed by atoms with E-state index in [0.29, 0.717) is 6.04 Å². The lowest BCUT2D eigenvalue weighted by atomic mass is 10.1. The number of nitrogens with one attached hydrogen (secondary N) is 1. The summed E-state index contributed by atoms with van der Waals surface area (Å²) in [5.74, 6) is 0. The third kappa shape index (κ3) is 2.57. The largest absolute Gasteiger partial charge is 0.472 e. The number of hydrogen-bond acceptors (Lipinski definition) is 3. The fourth-order valence-electron chi connectivity index (χ4n) is 1.56. The minimum Gasteiger partial charge on any atom is -0.472 e. The highest BCUT2D eigenvalue weighted by Crippen LogP contribution is 2.07. The van der Waals surface area contributed by atoms with E-state index in [2.05, 4.69) is 5.32 Å². The summed E-state index contributed by atoms with van der Waals surface area (Å²) in [7, 11) is 0. The van der Waals surface area contributed by atoms with Gasteiger partial charge in [0, 0.05) is 24.8 Å². The maximum absolute atomic E-state index is 5.37. The van der Waals surface area contributed by atoms with Crippen LogP contribution in [0, 0.1) is 0 Å². The van der Waals surface area contributed by atoms with Gasteiger partial charge in [0.2, 0.25) is 0 Å². The van der Waals surface area contributed by atoms with E-state index in [1.807, 2.05) is 6.07 Å². The van der Waals surface area contributed by atoms with Crippen LogP contribution in [0.5, 0.6) is 0 Å². The van der Waals surface area contributed by atoms with E-state index >= 15 is 0 Å². The normalized spacial score (nSPS) is 23.2. The number of ether oxygens (including phenoxy) is 1. The molecule has 1 aliphatic rings. The topological polar surface area (TPSA) is 34.4 Å². The highest BCUT2D eigenvalue weighted by Gasteiger charge is 2.12. The summed E-state index contributed by atoms with van der Waals surface area (Å²) < 4.78 is 10.3. The maximum Gasteiger partial charge on any atom is 0.0947 e. The van der Waals surface area contributed by atoms with Crippen LogP contribution < -0.4 is 5.32 Å². The Morgan fingerprint density at radius 2 is 2.54 bits per heavy atom. The molecule has 0 bridgehead atoms. The molecule has 2 heterocycles. The van der Waals surface area contributed by atoms with Crippen LogP contribution >= 0.6 is 0 Å². The summed E-state index contributed by atoms with van der Waals surface area (Å²) in [6.07, 6.45) is 5.87. The Balaban J connectivity index is 1.72. The van der Waals surface area contributed by atoms with Crippen LogP contribution in [0.25, 0.3) is 0 Å². The molecule has 13 heavy (non-hydrogen) atoms. The molecule has 0 amide bonds. The van der Waals surface area contributed by atoms with Crippen LogP contribution in [0.2, 0.25) is 0 Å². The Bertz CT molecular complexity index is 227. The quantitative estimate of drug-likeness (QED) is 0.768. The Morgan fingerprint density at radius 1 is 1.54 bits per heavy atom. The van der Waals surface area contributed by atoms with Crippen LogP contribution in [-0.2, 0) is 11.3 Å². The van der Waals surface area contributed by atoms with Gasteiger partial charge in [-0.1, -0.05) is 0 Å². The number of hydrogen-bond donors (Lipinski definition) is 1. The summed E-state index contributed by atoms with van der Waals surface area (Å²) in [6, 6.07) is 2.50. The second kappa shape index (κ2) is 4.44. The number of rotatable bonds is 3. The van der Waals surface area contributed by atoms with Gasteiger partial charge in [-0.3, -0.25) is 0 Å². The Labute approximate surface area is 78.1 Å². The van der Waals surface area contributed by atoms with E-state index in [-0.39, 0.29) is 0 Å². The predicted molar refractivity (Wildman–Crippen MR) is 49.4 cm³/mol. The minimum absolute atomic E-state index is 0.517. The molecule has 1 N–H and O–H groups in total. The monoisotopic (exact) mass is 181 g/mol. The predicted octanol–water partition coefficient (Wildman–Crippen LogP) is 1.55. The van der Waals surface area contributed by atoms with Crippen molar-refractivity contribution >= 4 is 0 Å². The van der Waals surface area contributed by atoms with Crippen molar-refractivity contribution in [3.8, 4) is 0 Å². The second-order valence-electron chi connectivity index (χ2n) is 3.43. The maximum atomic E-state index is 5.37. The van der Waals surface area contributed by atoms with Crippen LogP contribution in [0.4, 0.5) is 0 Å². The van der Waals surface area contributed by atoms with Crippen LogP contribution in [0.3, 0.4) is 0 Å². The molecule has 0 saturated carbocycles. The summed E-state index contributed by atoms with van der Waals surface area (Å²) >= 11 is 0. The lowest BCUT2D eigenvalue weighted by Gasteiger charge is -2.22. The molecule has 2 rings (SSSR count). The molecule has 3 nitrogen and oxygen atoms in total. The summed E-state index contributed by atoms with van der Waals surface area (Å²) in [5, 5.41) is 3.44. The van der Waals surface area contributed by atoms with Crippen LogP contribution in [-0.4, -0.2) is 19.3 Å². The zero-order valence-electron chi connectivity index (χ0n) is 7.66. The fraction of sp³-hybridized carbons (Fsp3) is 0.600. The van der Waals surface area contributed by atoms with Gasteiger partial charge in [-0.2, -0.15) is 0 Å². The van der Waals surface area contributed by atoms with E-state index in [0.717, 1.165) is 19.8 Å². The molecule has 1 aromatic heterocycles. The fourth-order valence-corrected chi connectivity index (χ4v) is 1.56. The summed E-state index contributed by atoms with van der Waals surface area (Å²) in [6.45, 7) is 2.65. The third-order valence-electron chi connectivity index (χ3n) is 2.34. The Morgan fingerprint density at radius 3 is 3.23 bits per heavy atom. The van der Waals surface area contributed by atoms with Gasteiger partial charge in [0.05, 0.1) is 19.1 Å². The van der Waals surface area contributed by atoms with Crippen LogP contribution in [0.1, 0.15) is 18.4 Å². The first-order chi connectivity index (χ1) is 6.45. The molecule has 0 aliphatic carbocycles. The van der Waals surface area contributed by atoms with Gasteiger partial charge in [0.25, 0.3) is 0 Å². The van der Waals surface area contributed by atoms with Crippen molar-refractivity contribution in [1.82, 2.24) is 5.32 Å². The molecule has 3 heteroatoms. The van der Waals surface area contributed by atoms with Crippen molar-refractivity contribution in [2.45, 2.75) is 25.4 Å². The van der Waals surface area contributed by atoms with Gasteiger partial charge in [-0.25, -0.2) is 0 Å². The highest BCUT2D eigenvalue weighted by molar-refractivity contribution is 5.04. The molecule has 1 atom stereocenters. The molecule has 1 saturated heterocycles. The van der Waals surface area contributed by atoms with E-state index in [1.165, 1.54) is 18.4 Å². The molecule has 1 aromatic rings.